The van der Waals surface area contributed by atoms with E-state index in [2.05, 4.69) is 21.6 Å². The van der Waals surface area contributed by atoms with Gasteiger partial charge in [-0.25, -0.2) is 0 Å². The van der Waals surface area contributed by atoms with Crippen LogP contribution in [0, 0.1) is 25.2 Å². The van der Waals surface area contributed by atoms with E-state index < -0.39 is 5.41 Å². The number of nitrogens with zero attached hydrogens (tertiary/aromatic N) is 2. The van der Waals surface area contributed by atoms with Gasteiger partial charge in [-0.1, -0.05) is 48.0 Å². The van der Waals surface area contributed by atoms with Crippen LogP contribution in [-0.4, -0.2) is 16.1 Å². The third-order valence-electron chi connectivity index (χ3n) is 5.57. The molecule has 1 atom stereocenters. The lowest BCUT2D eigenvalue weighted by atomic mass is 9.68. The lowest BCUT2D eigenvalue weighted by molar-refractivity contribution is -0.118. The summed E-state index contributed by atoms with van der Waals surface area (Å²) in [7, 11) is 0. The molecular formula is C22H17N5O2. The molecule has 7 heteroatoms. The van der Waals surface area contributed by atoms with E-state index >= 15 is 0 Å². The summed E-state index contributed by atoms with van der Waals surface area (Å²) in [6.45, 7) is 3.88. The molecule has 1 spiro atoms. The number of aromatic nitrogens is 2. The Kier molecular flexibility index (Phi) is 3.37. The molecule has 142 valence electrons. The molecule has 3 heterocycles. The van der Waals surface area contributed by atoms with Crippen molar-refractivity contribution in [3.63, 3.8) is 0 Å². The second-order valence-electron chi connectivity index (χ2n) is 7.31. The second-order valence-corrected chi connectivity index (χ2v) is 7.31. The molecule has 0 unspecified atom stereocenters. The first-order valence-corrected chi connectivity index (χ1v) is 9.14. The van der Waals surface area contributed by atoms with E-state index in [0.717, 1.165) is 16.7 Å². The van der Waals surface area contributed by atoms with Crippen LogP contribution in [0.5, 0.6) is 5.88 Å². The molecule has 3 aromatic rings. The van der Waals surface area contributed by atoms with Gasteiger partial charge in [0, 0.05) is 16.8 Å². The lowest BCUT2D eigenvalue weighted by Crippen LogP contribution is -2.42. The Hall–Kier alpha value is -4.05. The Bertz CT molecular complexity index is 1270. The van der Waals surface area contributed by atoms with Crippen LogP contribution in [0.2, 0.25) is 0 Å². The highest BCUT2D eigenvalue weighted by Gasteiger charge is 2.59. The molecule has 0 fully saturated rings. The number of benzene rings is 2. The lowest BCUT2D eigenvalue weighted by Gasteiger charge is -2.32. The van der Waals surface area contributed by atoms with Crippen molar-refractivity contribution in [2.45, 2.75) is 19.3 Å². The summed E-state index contributed by atoms with van der Waals surface area (Å²) in [6, 6.07) is 15.5. The number of aromatic amines is 1. The molecule has 1 aromatic heterocycles. The van der Waals surface area contributed by atoms with Crippen molar-refractivity contribution in [1.82, 2.24) is 10.2 Å². The molecule has 0 saturated heterocycles. The second kappa shape index (κ2) is 5.72. The first kappa shape index (κ1) is 17.1. The van der Waals surface area contributed by atoms with Gasteiger partial charge in [0.25, 0.3) is 0 Å². The van der Waals surface area contributed by atoms with Crippen molar-refractivity contribution in [3.05, 3.63) is 76.2 Å². The molecule has 1 amide bonds. The Morgan fingerprint density at radius 2 is 1.97 bits per heavy atom. The SMILES string of the molecule is Cc1cc(C)c2c(c1)[C@]1(C(=O)N2)C(C#N)=C(N)Oc2n[nH]c(-c3ccccc3)c21. The summed E-state index contributed by atoms with van der Waals surface area (Å²) < 4.78 is 5.66. The van der Waals surface area contributed by atoms with E-state index in [1.165, 1.54) is 0 Å². The zero-order chi connectivity index (χ0) is 20.3. The summed E-state index contributed by atoms with van der Waals surface area (Å²) in [6.07, 6.45) is 0. The number of rotatable bonds is 1. The number of H-pyrrole nitrogens is 1. The van der Waals surface area contributed by atoms with Crippen LogP contribution in [0.3, 0.4) is 0 Å². The predicted molar refractivity (Wildman–Crippen MR) is 107 cm³/mol. The van der Waals surface area contributed by atoms with Crippen molar-refractivity contribution in [2.75, 3.05) is 5.32 Å². The van der Waals surface area contributed by atoms with E-state index in [1.807, 2.05) is 56.3 Å². The molecule has 0 bridgehead atoms. The summed E-state index contributed by atoms with van der Waals surface area (Å²) in [4.78, 5) is 13.6. The first-order valence-electron chi connectivity index (χ1n) is 9.14. The van der Waals surface area contributed by atoms with E-state index in [9.17, 15) is 10.1 Å². The number of carbonyl (C=O) groups excluding carboxylic acids is 1. The molecule has 2 aliphatic heterocycles. The average molecular weight is 383 g/mol. The molecule has 2 aliphatic rings. The zero-order valence-electron chi connectivity index (χ0n) is 15.8. The predicted octanol–water partition coefficient (Wildman–Crippen LogP) is 3.02. The van der Waals surface area contributed by atoms with Crippen molar-refractivity contribution in [3.8, 4) is 23.2 Å². The van der Waals surface area contributed by atoms with Gasteiger partial charge in [-0.2, -0.15) is 5.26 Å². The third-order valence-corrected chi connectivity index (χ3v) is 5.57. The number of hydrogen-bond acceptors (Lipinski definition) is 5. The normalized spacial score (nSPS) is 19.4. The van der Waals surface area contributed by atoms with Gasteiger partial charge in [0.05, 0.1) is 11.3 Å². The molecule has 2 aromatic carbocycles. The van der Waals surface area contributed by atoms with Crippen molar-refractivity contribution >= 4 is 11.6 Å². The highest BCUT2D eigenvalue weighted by molar-refractivity contribution is 6.14. The minimum absolute atomic E-state index is 0.0600. The van der Waals surface area contributed by atoms with Gasteiger partial charge in [0.2, 0.25) is 17.7 Å². The van der Waals surface area contributed by atoms with Crippen molar-refractivity contribution in [2.24, 2.45) is 5.73 Å². The van der Waals surface area contributed by atoms with Gasteiger partial charge in [-0.3, -0.25) is 9.89 Å². The molecular weight excluding hydrogens is 366 g/mol. The quantitative estimate of drug-likeness (QED) is 0.597. The molecule has 5 rings (SSSR count). The number of nitrogens with one attached hydrogen (secondary N) is 2. The standard InChI is InChI=1S/C22H17N5O2/c1-11-8-12(2)17-14(9-11)22(21(28)25-17)15(10-23)19(24)29-20-16(22)18(26-27-20)13-6-4-3-5-7-13/h3-9H,24H2,1-2H3,(H,25,28)(H,26,27)/t22-/m0/s1. The largest absolute Gasteiger partial charge is 0.420 e. The Balaban J connectivity index is 1.94. The first-order chi connectivity index (χ1) is 14.0. The van der Waals surface area contributed by atoms with Gasteiger partial charge in [-0.05, 0) is 19.4 Å². The van der Waals surface area contributed by atoms with E-state index in [0.29, 0.717) is 22.5 Å². The molecule has 7 nitrogen and oxygen atoms in total. The minimum Gasteiger partial charge on any atom is -0.420 e. The zero-order valence-corrected chi connectivity index (χ0v) is 15.8. The highest BCUT2D eigenvalue weighted by Crippen LogP contribution is 2.55. The summed E-state index contributed by atoms with van der Waals surface area (Å²) in [5, 5.41) is 20.2. The Morgan fingerprint density at radius 1 is 1.21 bits per heavy atom. The summed E-state index contributed by atoms with van der Waals surface area (Å²) in [5.74, 6) is -0.264. The maximum atomic E-state index is 13.6. The number of carbonyl (C=O) groups is 1. The fraction of sp³-hybridized carbons (Fsp3) is 0.136. The average Bonchev–Trinajstić information content (AvgIpc) is 3.24. The molecule has 0 radical (unpaired) electrons. The Morgan fingerprint density at radius 3 is 2.69 bits per heavy atom. The number of nitrogens with two attached hydrogens (primary N) is 1. The topological polar surface area (TPSA) is 117 Å². The molecule has 4 N–H and O–H groups in total. The third kappa shape index (κ3) is 2.05. The number of hydrogen-bond donors (Lipinski definition) is 3. The van der Waals surface area contributed by atoms with Gasteiger partial charge >= 0.3 is 0 Å². The van der Waals surface area contributed by atoms with Crippen LogP contribution in [-0.2, 0) is 10.2 Å². The minimum atomic E-state index is -1.43. The maximum Gasteiger partial charge on any atom is 0.245 e. The number of anilines is 1. The van der Waals surface area contributed by atoms with Crippen molar-refractivity contribution in [1.29, 1.82) is 5.26 Å². The van der Waals surface area contributed by atoms with Crippen LogP contribution in [0.4, 0.5) is 5.69 Å². The fourth-order valence-electron chi connectivity index (χ4n) is 4.42. The van der Waals surface area contributed by atoms with Gasteiger partial charge in [0.1, 0.15) is 17.1 Å². The summed E-state index contributed by atoms with van der Waals surface area (Å²) in [5.41, 5.74) is 9.93. The number of fused-ring (bicyclic) bond motifs is 4. The summed E-state index contributed by atoms with van der Waals surface area (Å²) >= 11 is 0. The monoisotopic (exact) mass is 383 g/mol. The van der Waals surface area contributed by atoms with Crippen LogP contribution in [0.25, 0.3) is 11.3 Å². The van der Waals surface area contributed by atoms with E-state index in [-0.39, 0.29) is 23.2 Å². The maximum absolute atomic E-state index is 13.6. The van der Waals surface area contributed by atoms with Gasteiger partial charge < -0.3 is 15.8 Å². The van der Waals surface area contributed by atoms with Crippen LogP contribution in [0.1, 0.15) is 22.3 Å². The van der Waals surface area contributed by atoms with Crippen LogP contribution in [0.15, 0.2) is 53.9 Å². The van der Waals surface area contributed by atoms with Crippen LogP contribution >= 0.6 is 0 Å². The fourth-order valence-corrected chi connectivity index (χ4v) is 4.42. The highest BCUT2D eigenvalue weighted by atomic mass is 16.5. The molecule has 29 heavy (non-hydrogen) atoms. The number of ether oxygens (including phenoxy) is 1. The van der Waals surface area contributed by atoms with E-state index in [4.69, 9.17) is 10.5 Å². The van der Waals surface area contributed by atoms with Gasteiger partial charge in [0.15, 0.2) is 0 Å². The number of aryl methyl sites for hydroxylation is 2. The molecule has 0 saturated carbocycles. The van der Waals surface area contributed by atoms with E-state index in [1.54, 1.807) is 0 Å². The smallest absolute Gasteiger partial charge is 0.245 e. The number of nitriles is 1. The van der Waals surface area contributed by atoms with Gasteiger partial charge in [-0.15, -0.1) is 5.10 Å². The van der Waals surface area contributed by atoms with Crippen LogP contribution < -0.4 is 15.8 Å². The molecule has 0 aliphatic carbocycles. The van der Waals surface area contributed by atoms with Crippen molar-refractivity contribution < 1.29 is 9.53 Å². The number of amides is 1. The Labute approximate surface area is 166 Å².